The average molecular weight is 226 g/mol. The predicted molar refractivity (Wildman–Crippen MR) is 62.4 cm³/mol. The molecule has 2 N–H and O–H groups in total. The molecule has 0 aliphatic carbocycles. The van der Waals surface area contributed by atoms with Crippen LogP contribution in [0.3, 0.4) is 0 Å². The molecule has 1 atom stereocenters. The molecule has 3 nitrogen and oxygen atoms in total. The van der Waals surface area contributed by atoms with Gasteiger partial charge >= 0.3 is 7.12 Å². The summed E-state index contributed by atoms with van der Waals surface area (Å²) in [5.74, 6) is 1.01. The van der Waals surface area contributed by atoms with Gasteiger partial charge in [-0.15, -0.1) is 0 Å². The summed E-state index contributed by atoms with van der Waals surface area (Å²) in [7, 11) is -2.46. The van der Waals surface area contributed by atoms with E-state index in [1.54, 1.807) is 24.3 Å². The quantitative estimate of drug-likeness (QED) is 0.717. The molecule has 1 aromatic rings. The third kappa shape index (κ3) is 3.78. The highest BCUT2D eigenvalue weighted by molar-refractivity contribution is 7.85. The van der Waals surface area contributed by atoms with Crippen LogP contribution in [0.1, 0.15) is 13.8 Å². The first kappa shape index (κ1) is 12.4. The number of hydrogen-bond acceptors (Lipinski definition) is 3. The van der Waals surface area contributed by atoms with E-state index in [0.717, 1.165) is 4.90 Å². The van der Waals surface area contributed by atoms with E-state index in [1.807, 2.05) is 13.8 Å². The van der Waals surface area contributed by atoms with Gasteiger partial charge in [-0.2, -0.15) is 0 Å². The third-order valence-electron chi connectivity index (χ3n) is 1.93. The van der Waals surface area contributed by atoms with Gasteiger partial charge in [-0.1, -0.05) is 26.0 Å². The summed E-state index contributed by atoms with van der Waals surface area (Å²) < 4.78 is 11.7. The molecule has 0 radical (unpaired) electrons. The van der Waals surface area contributed by atoms with Crippen LogP contribution in [0.2, 0.25) is 0 Å². The van der Waals surface area contributed by atoms with Gasteiger partial charge in [-0.25, -0.2) is 0 Å². The molecular weight excluding hydrogens is 211 g/mol. The van der Waals surface area contributed by atoms with Gasteiger partial charge in [0.15, 0.2) is 0 Å². The van der Waals surface area contributed by atoms with Gasteiger partial charge < -0.3 is 10.0 Å². The number of benzene rings is 1. The zero-order chi connectivity index (χ0) is 11.4. The van der Waals surface area contributed by atoms with Crippen molar-refractivity contribution in [3.05, 3.63) is 24.3 Å². The lowest BCUT2D eigenvalue weighted by molar-refractivity contribution is 0.425. The van der Waals surface area contributed by atoms with Crippen molar-refractivity contribution in [2.45, 2.75) is 18.7 Å². The van der Waals surface area contributed by atoms with Gasteiger partial charge in [-0.05, 0) is 23.5 Å². The minimum absolute atomic E-state index is 0.383. The standard InChI is InChI=1S/C10H15BO3S/c1-8(2)7-15(14)10-5-3-9(4-6-10)11(12)13/h3-6,8,12-13H,7H2,1-2H3/t15-/m0/s1. The van der Waals surface area contributed by atoms with E-state index in [9.17, 15) is 4.21 Å². The minimum Gasteiger partial charge on any atom is -0.423 e. The summed E-state index contributed by atoms with van der Waals surface area (Å²) in [5.41, 5.74) is 0.417. The molecular formula is C10H15BO3S. The second-order valence-electron chi connectivity index (χ2n) is 3.85. The molecule has 15 heavy (non-hydrogen) atoms. The Morgan fingerprint density at radius 2 is 1.80 bits per heavy atom. The number of rotatable bonds is 4. The lowest BCUT2D eigenvalue weighted by Crippen LogP contribution is -2.29. The zero-order valence-corrected chi connectivity index (χ0v) is 9.70. The normalized spacial score (nSPS) is 12.9. The van der Waals surface area contributed by atoms with Crippen LogP contribution in [-0.4, -0.2) is 27.1 Å². The van der Waals surface area contributed by atoms with E-state index in [0.29, 0.717) is 17.1 Å². The summed E-state index contributed by atoms with van der Waals surface area (Å²) in [6.45, 7) is 4.04. The molecule has 0 unspecified atom stereocenters. The highest BCUT2D eigenvalue weighted by Crippen LogP contribution is 2.08. The van der Waals surface area contributed by atoms with Crippen LogP contribution >= 0.6 is 0 Å². The molecule has 0 amide bonds. The summed E-state index contributed by atoms with van der Waals surface area (Å²) in [6.07, 6.45) is 0. The Bertz CT molecular complexity index is 335. The third-order valence-corrected chi connectivity index (χ3v) is 3.69. The first-order valence-corrected chi connectivity index (χ1v) is 6.17. The maximum atomic E-state index is 11.7. The maximum absolute atomic E-state index is 11.7. The van der Waals surface area contributed by atoms with Crippen molar-refractivity contribution in [1.29, 1.82) is 0 Å². The Hall–Kier alpha value is -0.645. The van der Waals surface area contributed by atoms with Crippen LogP contribution in [0, 0.1) is 5.92 Å². The van der Waals surface area contributed by atoms with Crippen LogP contribution in [0.25, 0.3) is 0 Å². The second-order valence-corrected chi connectivity index (χ2v) is 5.34. The minimum atomic E-state index is -1.46. The molecule has 0 spiro atoms. The van der Waals surface area contributed by atoms with E-state index in [-0.39, 0.29) is 0 Å². The molecule has 0 aromatic heterocycles. The van der Waals surface area contributed by atoms with E-state index < -0.39 is 17.9 Å². The van der Waals surface area contributed by atoms with Gasteiger partial charge in [0.2, 0.25) is 0 Å². The van der Waals surface area contributed by atoms with Crippen molar-refractivity contribution in [3.8, 4) is 0 Å². The van der Waals surface area contributed by atoms with Crippen molar-refractivity contribution in [2.75, 3.05) is 5.75 Å². The van der Waals surface area contributed by atoms with Gasteiger partial charge in [-0.3, -0.25) is 4.21 Å². The molecule has 1 rings (SSSR count). The molecule has 0 fully saturated rings. The van der Waals surface area contributed by atoms with Crippen molar-refractivity contribution >= 4 is 23.4 Å². The van der Waals surface area contributed by atoms with Gasteiger partial charge in [0.1, 0.15) is 0 Å². The Morgan fingerprint density at radius 3 is 2.20 bits per heavy atom. The fraction of sp³-hybridized carbons (Fsp3) is 0.400. The van der Waals surface area contributed by atoms with Gasteiger partial charge in [0.05, 0.1) is 10.8 Å². The Labute approximate surface area is 92.7 Å². The van der Waals surface area contributed by atoms with Crippen molar-refractivity contribution < 1.29 is 14.3 Å². The monoisotopic (exact) mass is 226 g/mol. The predicted octanol–water partition coefficient (Wildman–Crippen LogP) is 0.130. The topological polar surface area (TPSA) is 57.5 Å². The Balaban J connectivity index is 2.75. The summed E-state index contributed by atoms with van der Waals surface area (Å²) in [6, 6.07) is 6.51. The average Bonchev–Trinajstić information content (AvgIpc) is 2.17. The Kier molecular flexibility index (Phi) is 4.51. The molecule has 5 heteroatoms. The molecule has 0 heterocycles. The van der Waals surface area contributed by atoms with Crippen molar-refractivity contribution in [3.63, 3.8) is 0 Å². The molecule has 0 bridgehead atoms. The Morgan fingerprint density at radius 1 is 1.27 bits per heavy atom. The SMILES string of the molecule is CC(C)C[S@](=O)c1ccc(B(O)O)cc1. The van der Waals surface area contributed by atoms with Crippen LogP contribution in [0.4, 0.5) is 0 Å². The lowest BCUT2D eigenvalue weighted by atomic mass is 9.81. The summed E-state index contributed by atoms with van der Waals surface area (Å²) >= 11 is 0. The van der Waals surface area contributed by atoms with E-state index in [4.69, 9.17) is 10.0 Å². The van der Waals surface area contributed by atoms with Gasteiger partial charge in [0, 0.05) is 10.6 Å². The fourth-order valence-electron chi connectivity index (χ4n) is 1.19. The zero-order valence-electron chi connectivity index (χ0n) is 8.88. The first-order chi connectivity index (χ1) is 7.00. The molecule has 1 aromatic carbocycles. The smallest absolute Gasteiger partial charge is 0.423 e. The van der Waals surface area contributed by atoms with E-state index in [2.05, 4.69) is 0 Å². The molecule has 0 saturated carbocycles. The molecule has 82 valence electrons. The molecule has 0 aliphatic heterocycles. The van der Waals surface area contributed by atoms with Crippen LogP contribution in [-0.2, 0) is 10.8 Å². The van der Waals surface area contributed by atoms with Crippen molar-refractivity contribution in [1.82, 2.24) is 0 Å². The van der Waals surface area contributed by atoms with Crippen LogP contribution in [0.15, 0.2) is 29.2 Å². The fourth-order valence-corrected chi connectivity index (χ4v) is 2.43. The summed E-state index contributed by atoms with van der Waals surface area (Å²) in [4.78, 5) is 0.730. The lowest BCUT2D eigenvalue weighted by Gasteiger charge is -2.06. The van der Waals surface area contributed by atoms with E-state index in [1.165, 1.54) is 0 Å². The largest absolute Gasteiger partial charge is 0.488 e. The van der Waals surface area contributed by atoms with Crippen LogP contribution < -0.4 is 5.46 Å². The van der Waals surface area contributed by atoms with E-state index >= 15 is 0 Å². The molecule has 0 aliphatic rings. The molecule has 0 saturated heterocycles. The van der Waals surface area contributed by atoms with Gasteiger partial charge in [0.25, 0.3) is 0 Å². The van der Waals surface area contributed by atoms with Crippen molar-refractivity contribution in [2.24, 2.45) is 5.92 Å². The summed E-state index contributed by atoms with van der Waals surface area (Å²) in [5, 5.41) is 17.8. The highest BCUT2D eigenvalue weighted by atomic mass is 32.2. The highest BCUT2D eigenvalue weighted by Gasteiger charge is 2.11. The second kappa shape index (κ2) is 5.44. The number of hydrogen-bond donors (Lipinski definition) is 2. The first-order valence-electron chi connectivity index (χ1n) is 4.85. The maximum Gasteiger partial charge on any atom is 0.488 e. The van der Waals surface area contributed by atoms with Crippen LogP contribution in [0.5, 0.6) is 0 Å².